The normalized spacial score (nSPS) is 21.8. The van der Waals surface area contributed by atoms with Crippen LogP contribution in [0.3, 0.4) is 0 Å². The Bertz CT molecular complexity index is 1080. The summed E-state index contributed by atoms with van der Waals surface area (Å²) in [5.41, 5.74) is 4.59. The number of alkyl carbamates (subject to hydrolysis) is 1. The number of hydrogen-bond acceptors (Lipinski definition) is 4. The molecule has 2 aromatic carbocycles. The van der Waals surface area contributed by atoms with Crippen molar-refractivity contribution in [3.63, 3.8) is 0 Å². The molecule has 5 rings (SSSR count). The predicted octanol–water partition coefficient (Wildman–Crippen LogP) is 4.41. The molecule has 35 heavy (non-hydrogen) atoms. The van der Waals surface area contributed by atoms with E-state index in [0.717, 1.165) is 35.1 Å². The van der Waals surface area contributed by atoms with Crippen molar-refractivity contribution >= 4 is 18.0 Å². The maximum absolute atomic E-state index is 13.4. The Morgan fingerprint density at radius 1 is 1.03 bits per heavy atom. The Labute approximate surface area is 205 Å². The average molecular weight is 477 g/mol. The zero-order chi connectivity index (χ0) is 24.5. The molecule has 7 nitrogen and oxygen atoms in total. The lowest BCUT2D eigenvalue weighted by atomic mass is 9.98. The minimum atomic E-state index is -0.865. The second kappa shape index (κ2) is 9.72. The van der Waals surface area contributed by atoms with Crippen molar-refractivity contribution in [1.29, 1.82) is 0 Å². The first-order valence-corrected chi connectivity index (χ1v) is 12.6. The first-order chi connectivity index (χ1) is 17.0. The van der Waals surface area contributed by atoms with E-state index in [9.17, 15) is 19.5 Å². The van der Waals surface area contributed by atoms with Crippen LogP contribution in [0.5, 0.6) is 0 Å². The summed E-state index contributed by atoms with van der Waals surface area (Å²) in [6.07, 6.45) is 3.07. The summed E-state index contributed by atoms with van der Waals surface area (Å²) in [4.78, 5) is 39.6. The molecule has 0 aromatic heterocycles. The third-order valence-electron chi connectivity index (χ3n) is 7.76. The fourth-order valence-corrected chi connectivity index (χ4v) is 5.81. The molecule has 0 bridgehead atoms. The smallest absolute Gasteiger partial charge is 0.407 e. The summed E-state index contributed by atoms with van der Waals surface area (Å²) in [7, 11) is 0. The van der Waals surface area contributed by atoms with Gasteiger partial charge >= 0.3 is 12.1 Å². The summed E-state index contributed by atoms with van der Waals surface area (Å²) in [6.45, 7) is 2.50. The molecule has 2 aromatic rings. The molecule has 3 aliphatic rings. The van der Waals surface area contributed by atoms with Gasteiger partial charge in [-0.15, -0.1) is 0 Å². The quantitative estimate of drug-likeness (QED) is 0.589. The van der Waals surface area contributed by atoms with Crippen LogP contribution in [0.4, 0.5) is 4.79 Å². The number of nitrogens with one attached hydrogen (secondary N) is 1. The lowest BCUT2D eigenvalue weighted by molar-refractivity contribution is -0.143. The van der Waals surface area contributed by atoms with E-state index < -0.39 is 24.0 Å². The number of likely N-dealkylation sites (tertiary alicyclic amines) is 1. The van der Waals surface area contributed by atoms with Crippen LogP contribution < -0.4 is 5.32 Å². The molecule has 3 atom stereocenters. The minimum absolute atomic E-state index is 0.0508. The van der Waals surface area contributed by atoms with Crippen molar-refractivity contribution in [1.82, 2.24) is 10.2 Å². The highest BCUT2D eigenvalue weighted by Gasteiger charge is 2.43. The predicted molar refractivity (Wildman–Crippen MR) is 131 cm³/mol. The molecule has 1 aliphatic heterocycles. The fourth-order valence-electron chi connectivity index (χ4n) is 5.81. The summed E-state index contributed by atoms with van der Waals surface area (Å²) in [5.74, 6) is -1.25. The van der Waals surface area contributed by atoms with Crippen molar-refractivity contribution in [3.05, 3.63) is 59.7 Å². The molecule has 2 amide bonds. The Hall–Kier alpha value is -3.35. The number of rotatable bonds is 8. The molecule has 0 spiro atoms. The van der Waals surface area contributed by atoms with Crippen molar-refractivity contribution in [2.24, 2.45) is 11.8 Å². The van der Waals surface area contributed by atoms with E-state index in [0.29, 0.717) is 31.7 Å². The third kappa shape index (κ3) is 4.64. The van der Waals surface area contributed by atoms with Crippen LogP contribution in [-0.2, 0) is 14.3 Å². The van der Waals surface area contributed by atoms with Crippen molar-refractivity contribution in [3.8, 4) is 11.1 Å². The molecule has 2 fully saturated rings. The maximum Gasteiger partial charge on any atom is 0.407 e. The first kappa shape index (κ1) is 23.4. The number of carbonyl (C=O) groups is 3. The molecule has 184 valence electrons. The van der Waals surface area contributed by atoms with E-state index in [-0.39, 0.29) is 24.5 Å². The monoisotopic (exact) mass is 476 g/mol. The van der Waals surface area contributed by atoms with Gasteiger partial charge in [-0.25, -0.2) is 4.79 Å². The molecule has 7 heteroatoms. The van der Waals surface area contributed by atoms with Crippen LogP contribution in [0.1, 0.15) is 56.1 Å². The average Bonchev–Trinajstić information content (AvgIpc) is 3.48. The molecule has 0 radical (unpaired) electrons. The van der Waals surface area contributed by atoms with Gasteiger partial charge in [0.1, 0.15) is 12.6 Å². The van der Waals surface area contributed by atoms with Gasteiger partial charge in [-0.3, -0.25) is 9.59 Å². The number of benzene rings is 2. The number of hydrogen-bond donors (Lipinski definition) is 2. The molecule has 1 heterocycles. The molecular weight excluding hydrogens is 444 g/mol. The van der Waals surface area contributed by atoms with Gasteiger partial charge in [-0.1, -0.05) is 68.3 Å². The highest BCUT2D eigenvalue weighted by Crippen LogP contribution is 2.44. The summed E-state index contributed by atoms with van der Waals surface area (Å²) in [6, 6.07) is 15.3. The Morgan fingerprint density at radius 2 is 1.66 bits per heavy atom. The van der Waals surface area contributed by atoms with Gasteiger partial charge in [0, 0.05) is 18.5 Å². The number of fused-ring (bicyclic) bond motifs is 3. The fraction of sp³-hybridized carbons (Fsp3) is 0.464. The van der Waals surface area contributed by atoms with Gasteiger partial charge in [0.15, 0.2) is 0 Å². The van der Waals surface area contributed by atoms with Crippen LogP contribution in [0.15, 0.2) is 48.5 Å². The minimum Gasteiger partial charge on any atom is -0.481 e. The highest BCUT2D eigenvalue weighted by atomic mass is 16.5. The van der Waals surface area contributed by atoms with Gasteiger partial charge in [-0.05, 0) is 47.4 Å². The maximum atomic E-state index is 13.4. The van der Waals surface area contributed by atoms with E-state index in [1.54, 1.807) is 4.90 Å². The molecule has 1 saturated heterocycles. The van der Waals surface area contributed by atoms with Gasteiger partial charge < -0.3 is 20.1 Å². The number of carboxylic acid groups (broad SMARTS) is 1. The van der Waals surface area contributed by atoms with Crippen molar-refractivity contribution in [2.45, 2.75) is 57.0 Å². The van der Waals surface area contributed by atoms with Gasteiger partial charge in [0.05, 0.1) is 5.92 Å². The number of ether oxygens (including phenoxy) is 1. The summed E-state index contributed by atoms with van der Waals surface area (Å²) >= 11 is 0. The van der Waals surface area contributed by atoms with E-state index in [2.05, 4.69) is 29.6 Å². The zero-order valence-electron chi connectivity index (χ0n) is 20.0. The number of nitrogens with zero attached hydrogens (tertiary/aromatic N) is 1. The van der Waals surface area contributed by atoms with Crippen LogP contribution in [-0.4, -0.2) is 53.2 Å². The SMILES string of the molecule is CCC1C(C(=O)O)CCN1C(=O)[C@H](CC1CC1)NC(=O)OCC1c2ccccc2-c2ccccc21. The van der Waals surface area contributed by atoms with E-state index in [1.165, 1.54) is 0 Å². The van der Waals surface area contributed by atoms with Crippen LogP contribution in [0.2, 0.25) is 0 Å². The number of carbonyl (C=O) groups excluding carboxylic acids is 2. The third-order valence-corrected chi connectivity index (χ3v) is 7.76. The van der Waals surface area contributed by atoms with E-state index in [1.807, 2.05) is 31.2 Å². The summed E-state index contributed by atoms with van der Waals surface area (Å²) in [5, 5.41) is 12.4. The zero-order valence-corrected chi connectivity index (χ0v) is 20.0. The second-order valence-corrected chi connectivity index (χ2v) is 9.94. The number of amides is 2. The van der Waals surface area contributed by atoms with E-state index >= 15 is 0 Å². The molecule has 2 aliphatic carbocycles. The second-order valence-electron chi connectivity index (χ2n) is 9.94. The van der Waals surface area contributed by atoms with Gasteiger partial charge in [0.25, 0.3) is 0 Å². The molecule has 2 unspecified atom stereocenters. The first-order valence-electron chi connectivity index (χ1n) is 12.6. The van der Waals surface area contributed by atoms with Gasteiger partial charge in [-0.2, -0.15) is 0 Å². The van der Waals surface area contributed by atoms with Crippen molar-refractivity contribution in [2.75, 3.05) is 13.2 Å². The lowest BCUT2D eigenvalue weighted by Gasteiger charge is -2.30. The summed E-state index contributed by atoms with van der Waals surface area (Å²) < 4.78 is 5.68. The number of carboxylic acids is 1. The molecule has 1 saturated carbocycles. The van der Waals surface area contributed by atoms with Crippen LogP contribution in [0.25, 0.3) is 11.1 Å². The Morgan fingerprint density at radius 3 is 2.23 bits per heavy atom. The van der Waals surface area contributed by atoms with Gasteiger partial charge in [0.2, 0.25) is 5.91 Å². The number of aliphatic carboxylic acids is 1. The lowest BCUT2D eigenvalue weighted by Crippen LogP contribution is -2.51. The van der Waals surface area contributed by atoms with Crippen LogP contribution >= 0.6 is 0 Å². The van der Waals surface area contributed by atoms with E-state index in [4.69, 9.17) is 4.74 Å². The highest BCUT2D eigenvalue weighted by molar-refractivity contribution is 5.87. The molecular formula is C28H32N2O5. The Balaban J connectivity index is 1.26. The Kier molecular flexibility index (Phi) is 6.50. The van der Waals surface area contributed by atoms with Crippen molar-refractivity contribution < 1.29 is 24.2 Å². The molecule has 2 N–H and O–H groups in total. The topological polar surface area (TPSA) is 95.9 Å². The standard InChI is InChI=1S/C28H32N2O5/c1-2-25-22(27(32)33)13-14-30(25)26(31)24(15-17-11-12-17)29-28(34)35-16-23-20-9-5-3-7-18(20)19-8-4-6-10-21(19)23/h3-10,17,22-25H,2,11-16H2,1H3,(H,29,34)(H,32,33)/t22?,24-,25?/m0/s1. The van der Waals surface area contributed by atoms with Crippen LogP contribution in [0, 0.1) is 11.8 Å². The largest absolute Gasteiger partial charge is 0.481 e.